The molecule has 1 aliphatic rings. The van der Waals surface area contributed by atoms with Crippen LogP contribution in [0.15, 0.2) is 12.3 Å². The number of nitrogens with one attached hydrogen (secondary N) is 2. The Kier molecular flexibility index (Phi) is 8.51. The fraction of sp³-hybridized carbons (Fsp3) is 0.565. The second kappa shape index (κ2) is 10.9. The Bertz CT molecular complexity index is 1230. The van der Waals surface area contributed by atoms with E-state index in [1.54, 1.807) is 0 Å². The Morgan fingerprint density at radius 3 is 2.44 bits per heavy atom. The lowest BCUT2D eigenvalue weighted by atomic mass is 10.1. The number of thiazole rings is 1. The second-order valence-electron chi connectivity index (χ2n) is 9.90. The molecular formula is C23H26F7N5O3S. The summed E-state index contributed by atoms with van der Waals surface area (Å²) < 4.78 is 95.0. The Hall–Kier alpha value is -3.01. The van der Waals surface area contributed by atoms with E-state index in [4.69, 9.17) is 0 Å². The maximum absolute atomic E-state index is 14.1. The first-order chi connectivity index (χ1) is 17.8. The molecule has 2 aromatic heterocycles. The van der Waals surface area contributed by atoms with Gasteiger partial charge in [0.25, 0.3) is 24.2 Å². The number of hydrogen-bond donors (Lipinski definition) is 3. The van der Waals surface area contributed by atoms with Gasteiger partial charge in [0.2, 0.25) is 0 Å². The van der Waals surface area contributed by atoms with Crippen LogP contribution in [-0.2, 0) is 0 Å². The van der Waals surface area contributed by atoms with Gasteiger partial charge in [-0.3, -0.25) is 9.59 Å². The van der Waals surface area contributed by atoms with E-state index < -0.39 is 83.6 Å². The summed E-state index contributed by atoms with van der Waals surface area (Å²) in [6.07, 6.45) is -7.78. The first kappa shape index (κ1) is 30.5. The maximum atomic E-state index is 14.1. The Balaban J connectivity index is 2.10. The predicted octanol–water partition coefficient (Wildman–Crippen LogP) is 4.88. The minimum atomic E-state index is -4.69. The number of nitrogens with zero attached hydrogens (tertiary/aromatic N) is 3. The summed E-state index contributed by atoms with van der Waals surface area (Å²) in [4.78, 5) is 34.3. The van der Waals surface area contributed by atoms with Gasteiger partial charge in [-0.05, 0) is 33.8 Å². The van der Waals surface area contributed by atoms with Crippen LogP contribution in [0.2, 0.25) is 0 Å². The molecule has 216 valence electrons. The van der Waals surface area contributed by atoms with Crippen LogP contribution in [0, 0.1) is 0 Å². The van der Waals surface area contributed by atoms with E-state index in [0.717, 1.165) is 18.0 Å². The molecule has 1 aliphatic heterocycles. The highest BCUT2D eigenvalue weighted by Crippen LogP contribution is 2.40. The van der Waals surface area contributed by atoms with Gasteiger partial charge in [0.15, 0.2) is 5.01 Å². The number of anilines is 1. The lowest BCUT2D eigenvalue weighted by Crippen LogP contribution is -2.38. The van der Waals surface area contributed by atoms with E-state index in [2.05, 4.69) is 15.3 Å². The van der Waals surface area contributed by atoms with Crippen LogP contribution in [0.25, 0.3) is 10.4 Å². The zero-order chi connectivity index (χ0) is 29.5. The van der Waals surface area contributed by atoms with E-state index in [-0.39, 0.29) is 16.4 Å². The van der Waals surface area contributed by atoms with Gasteiger partial charge in [-0.15, -0.1) is 11.3 Å². The number of pyridine rings is 1. The monoisotopic (exact) mass is 585 g/mol. The summed E-state index contributed by atoms with van der Waals surface area (Å²) in [7, 11) is 0. The number of halogens is 7. The average Bonchev–Trinajstić information content (AvgIpc) is 3.36. The molecule has 39 heavy (non-hydrogen) atoms. The fourth-order valence-corrected chi connectivity index (χ4v) is 4.77. The van der Waals surface area contributed by atoms with Crippen LogP contribution >= 0.6 is 11.3 Å². The van der Waals surface area contributed by atoms with Gasteiger partial charge in [0, 0.05) is 36.3 Å². The number of amides is 2. The third-order valence-electron chi connectivity index (χ3n) is 5.77. The van der Waals surface area contributed by atoms with E-state index >= 15 is 0 Å². The lowest BCUT2D eigenvalue weighted by molar-refractivity contribution is -0.138. The van der Waals surface area contributed by atoms with E-state index in [1.807, 2.05) is 5.32 Å². The molecule has 2 atom stereocenters. The van der Waals surface area contributed by atoms with Gasteiger partial charge < -0.3 is 20.6 Å². The molecule has 8 nitrogen and oxygen atoms in total. The van der Waals surface area contributed by atoms with Crippen molar-refractivity contribution in [2.75, 3.05) is 18.4 Å². The van der Waals surface area contributed by atoms with Crippen LogP contribution < -0.4 is 10.6 Å². The van der Waals surface area contributed by atoms with Crippen molar-refractivity contribution in [1.82, 2.24) is 20.2 Å². The van der Waals surface area contributed by atoms with Crippen LogP contribution in [0.1, 0.15) is 66.4 Å². The third kappa shape index (κ3) is 7.35. The summed E-state index contributed by atoms with van der Waals surface area (Å²) in [6.45, 7) is 3.75. The molecule has 3 heterocycles. The summed E-state index contributed by atoms with van der Waals surface area (Å²) >= 11 is 0.502. The molecule has 2 amide bonds. The quantitative estimate of drug-likeness (QED) is 0.382. The highest BCUT2D eigenvalue weighted by atomic mass is 32.1. The molecule has 0 spiro atoms. The number of aromatic nitrogens is 2. The minimum absolute atomic E-state index is 0.235. The fourth-order valence-electron chi connectivity index (χ4n) is 3.76. The highest BCUT2D eigenvalue weighted by Gasteiger charge is 2.46. The molecule has 16 heteroatoms. The Morgan fingerprint density at radius 1 is 1.28 bits per heavy atom. The second-order valence-corrected chi connectivity index (χ2v) is 10.9. The number of alkyl halides is 7. The standard InChI is InChI=1S/C23H26F7N5O3S/c1-10-6-22(26,27)9-35(10)20(37)15-16(39-19(34-15)18(36)32-8-21(3,4)38)13-7-31-14(5-12(13)17(24)25)33-11(2)23(28,29)30/h5,7,10-11,17,38H,6,8-9H2,1-4H3,(H,31,33)(H,32,36)/t10-,11-/m0/s1. The molecule has 3 rings (SSSR count). The predicted molar refractivity (Wildman–Crippen MR) is 128 cm³/mol. The molecule has 3 N–H and O–H groups in total. The molecule has 2 aromatic rings. The number of hydrogen-bond acceptors (Lipinski definition) is 7. The molecule has 0 saturated carbocycles. The molecular weight excluding hydrogens is 559 g/mol. The third-order valence-corrected chi connectivity index (χ3v) is 6.85. The molecule has 0 radical (unpaired) electrons. The smallest absolute Gasteiger partial charge is 0.389 e. The van der Waals surface area contributed by atoms with Gasteiger partial charge in [-0.1, -0.05) is 0 Å². The summed E-state index contributed by atoms with van der Waals surface area (Å²) in [6, 6.07) is -2.37. The SMILES string of the molecule is C[C@H](Nc1cc(C(F)F)c(-c2sc(C(=O)NCC(C)(C)O)nc2C(=O)N2CC(F)(F)C[C@@H]2C)cn1)C(F)(F)F. The molecule has 0 aliphatic carbocycles. The van der Waals surface area contributed by atoms with Crippen molar-refractivity contribution in [3.8, 4) is 10.4 Å². The largest absolute Gasteiger partial charge is 0.408 e. The van der Waals surface area contributed by atoms with Gasteiger partial charge >= 0.3 is 6.18 Å². The molecule has 1 saturated heterocycles. The summed E-state index contributed by atoms with van der Waals surface area (Å²) in [5.41, 5.74) is -3.11. The maximum Gasteiger partial charge on any atom is 0.408 e. The van der Waals surface area contributed by atoms with E-state index in [0.29, 0.717) is 17.4 Å². The average molecular weight is 586 g/mol. The Labute approximate surface area is 222 Å². The van der Waals surface area contributed by atoms with Crippen molar-refractivity contribution in [2.45, 2.75) is 70.3 Å². The first-order valence-electron chi connectivity index (χ1n) is 11.6. The molecule has 0 bridgehead atoms. The van der Waals surface area contributed by atoms with Crippen LogP contribution in [-0.4, -0.2) is 74.7 Å². The molecule has 0 aromatic carbocycles. The first-order valence-corrected chi connectivity index (χ1v) is 12.4. The number of rotatable bonds is 8. The topological polar surface area (TPSA) is 107 Å². The normalized spacial score (nSPS) is 18.4. The number of carbonyl (C=O) groups excluding carboxylic acids is 2. The molecule has 1 fully saturated rings. The van der Waals surface area contributed by atoms with Gasteiger partial charge in [0.05, 0.1) is 17.0 Å². The number of likely N-dealkylation sites (tertiary alicyclic amines) is 1. The van der Waals surface area contributed by atoms with Gasteiger partial charge in [-0.2, -0.15) is 13.2 Å². The zero-order valence-electron chi connectivity index (χ0n) is 21.2. The zero-order valence-corrected chi connectivity index (χ0v) is 22.0. The van der Waals surface area contributed by atoms with E-state index in [1.165, 1.54) is 20.8 Å². The van der Waals surface area contributed by atoms with Crippen molar-refractivity contribution in [2.24, 2.45) is 0 Å². The van der Waals surface area contributed by atoms with Crippen molar-refractivity contribution in [3.63, 3.8) is 0 Å². The Morgan fingerprint density at radius 2 is 1.92 bits per heavy atom. The van der Waals surface area contributed by atoms with Crippen molar-refractivity contribution < 1.29 is 45.4 Å². The van der Waals surface area contributed by atoms with E-state index in [9.17, 15) is 45.4 Å². The summed E-state index contributed by atoms with van der Waals surface area (Å²) in [5, 5.41) is 13.8. The van der Waals surface area contributed by atoms with Crippen LogP contribution in [0.3, 0.4) is 0 Å². The number of carbonyl (C=O) groups is 2. The number of aliphatic hydroxyl groups is 1. The highest BCUT2D eigenvalue weighted by molar-refractivity contribution is 7.17. The van der Waals surface area contributed by atoms with Crippen LogP contribution in [0.5, 0.6) is 0 Å². The van der Waals surface area contributed by atoms with Gasteiger partial charge in [-0.25, -0.2) is 27.5 Å². The van der Waals surface area contributed by atoms with Crippen molar-refractivity contribution in [3.05, 3.63) is 28.5 Å². The lowest BCUT2D eigenvalue weighted by Gasteiger charge is -2.21. The van der Waals surface area contributed by atoms with Crippen LogP contribution in [0.4, 0.5) is 36.6 Å². The molecule has 0 unspecified atom stereocenters. The van der Waals surface area contributed by atoms with Gasteiger partial charge in [0.1, 0.15) is 17.6 Å². The van der Waals surface area contributed by atoms with Crippen molar-refractivity contribution in [1.29, 1.82) is 0 Å². The summed E-state index contributed by atoms with van der Waals surface area (Å²) in [5.74, 6) is -5.63. The minimum Gasteiger partial charge on any atom is -0.389 e. The van der Waals surface area contributed by atoms with Crippen molar-refractivity contribution >= 4 is 29.0 Å².